The van der Waals surface area contributed by atoms with Crippen molar-refractivity contribution >= 4 is 31.9 Å². The number of hydrogen-bond acceptors (Lipinski definition) is 6. The molecule has 0 spiro atoms. The number of sulfonamides is 1. The topological polar surface area (TPSA) is 94.2 Å². The molecule has 0 radical (unpaired) electrons. The first-order valence-corrected chi connectivity index (χ1v) is 9.91. The predicted octanol–water partition coefficient (Wildman–Crippen LogP) is 1.18. The minimum atomic E-state index is -3.84. The smallest absolute Gasteiger partial charge is 0.243 e. The van der Waals surface area contributed by atoms with Crippen LogP contribution in [-0.4, -0.2) is 57.4 Å². The van der Waals surface area contributed by atoms with Crippen molar-refractivity contribution in [2.45, 2.75) is 23.3 Å². The van der Waals surface area contributed by atoms with Crippen LogP contribution in [0.2, 0.25) is 0 Å². The van der Waals surface area contributed by atoms with Crippen molar-refractivity contribution in [1.82, 2.24) is 4.31 Å². The van der Waals surface area contributed by atoms with Crippen LogP contribution >= 0.6 is 15.9 Å². The number of halogens is 2. The van der Waals surface area contributed by atoms with Gasteiger partial charge in [0, 0.05) is 24.2 Å². The number of fused-ring (bicyclic) bond motifs is 1. The van der Waals surface area contributed by atoms with Crippen molar-refractivity contribution in [1.29, 1.82) is 0 Å². The fourth-order valence-electron chi connectivity index (χ4n) is 3.35. The number of benzene rings is 1. The van der Waals surface area contributed by atoms with Crippen molar-refractivity contribution < 1.29 is 22.3 Å². The lowest BCUT2D eigenvalue weighted by Gasteiger charge is -2.47. The van der Waals surface area contributed by atoms with E-state index in [1.54, 1.807) is 6.07 Å². The number of rotatable bonds is 3. The van der Waals surface area contributed by atoms with Gasteiger partial charge >= 0.3 is 0 Å². The Hall–Kier alpha value is -1.23. The lowest BCUT2D eigenvalue weighted by atomic mass is 9.82. The van der Waals surface area contributed by atoms with E-state index >= 15 is 0 Å². The van der Waals surface area contributed by atoms with Crippen LogP contribution in [0.1, 0.15) is 12.0 Å². The van der Waals surface area contributed by atoms with E-state index < -0.39 is 32.7 Å². The van der Waals surface area contributed by atoms with E-state index in [2.05, 4.69) is 20.9 Å². The zero-order chi connectivity index (χ0) is 18.4. The van der Waals surface area contributed by atoms with Gasteiger partial charge in [0.25, 0.3) is 0 Å². The van der Waals surface area contributed by atoms with Gasteiger partial charge in [-0.2, -0.15) is 0 Å². The van der Waals surface area contributed by atoms with Crippen LogP contribution in [0.3, 0.4) is 0 Å². The summed E-state index contributed by atoms with van der Waals surface area (Å²) in [5.41, 5.74) is 4.55. The molecule has 2 aliphatic heterocycles. The molecule has 0 bridgehead atoms. The second kappa shape index (κ2) is 6.49. The molecular weight excluding hydrogens is 417 g/mol. The van der Waals surface area contributed by atoms with E-state index in [0.717, 1.165) is 4.31 Å². The second-order valence-corrected chi connectivity index (χ2v) is 9.21. The average Bonchev–Trinajstić information content (AvgIpc) is 2.56. The van der Waals surface area contributed by atoms with Crippen LogP contribution in [0.5, 0.6) is 0 Å². The molecule has 7 nitrogen and oxygen atoms in total. The Morgan fingerprint density at radius 3 is 2.96 bits per heavy atom. The van der Waals surface area contributed by atoms with Crippen LogP contribution in [0.25, 0.3) is 0 Å². The first-order valence-electron chi connectivity index (χ1n) is 7.61. The van der Waals surface area contributed by atoms with E-state index in [1.807, 2.05) is 0 Å². The van der Waals surface area contributed by atoms with Gasteiger partial charge in [0.1, 0.15) is 16.6 Å². The first kappa shape index (κ1) is 18.6. The van der Waals surface area contributed by atoms with Crippen molar-refractivity contribution in [2.24, 2.45) is 10.7 Å². The molecule has 10 heteroatoms. The highest BCUT2D eigenvalue weighted by Crippen LogP contribution is 2.45. The summed E-state index contributed by atoms with van der Waals surface area (Å²) in [6.07, 6.45) is -0.292. The first-order chi connectivity index (χ1) is 11.7. The Bertz CT molecular complexity index is 819. The SMILES string of the molecule is COC[C@H]1C[C@@H]2[C@](c3cc(Br)ccc3F)(CO1)N=C(N)N(C)S2(=O)=O. The van der Waals surface area contributed by atoms with Gasteiger partial charge in [0.2, 0.25) is 16.0 Å². The van der Waals surface area contributed by atoms with Gasteiger partial charge in [-0.25, -0.2) is 22.1 Å². The largest absolute Gasteiger partial charge is 0.382 e. The summed E-state index contributed by atoms with van der Waals surface area (Å²) in [5.74, 6) is -0.747. The summed E-state index contributed by atoms with van der Waals surface area (Å²) < 4.78 is 53.1. The summed E-state index contributed by atoms with van der Waals surface area (Å²) in [5, 5.41) is -1.00. The van der Waals surface area contributed by atoms with Gasteiger partial charge < -0.3 is 15.2 Å². The molecule has 138 valence electrons. The summed E-state index contributed by atoms with van der Waals surface area (Å²) in [6.45, 7) is 0.138. The van der Waals surface area contributed by atoms with Crippen molar-refractivity contribution in [3.63, 3.8) is 0 Å². The zero-order valence-corrected chi connectivity index (χ0v) is 16.2. The normalized spacial score (nSPS) is 31.4. The average molecular weight is 436 g/mol. The molecule has 3 atom stereocenters. The fourth-order valence-corrected chi connectivity index (χ4v) is 5.59. The van der Waals surface area contributed by atoms with Gasteiger partial charge in [0.05, 0.1) is 19.3 Å². The summed E-state index contributed by atoms with van der Waals surface area (Å²) in [4.78, 5) is 4.39. The Balaban J connectivity index is 2.21. The van der Waals surface area contributed by atoms with Gasteiger partial charge in [0.15, 0.2) is 0 Å². The molecule has 0 aliphatic carbocycles. The molecule has 0 saturated carbocycles. The minimum absolute atomic E-state index is 0.104. The van der Waals surface area contributed by atoms with Gasteiger partial charge in [-0.3, -0.25) is 0 Å². The standard InChI is InChI=1S/C15H19BrFN3O4S/c1-20-14(18)19-15(11-5-9(16)3-4-12(11)17)8-24-10(7-23-2)6-13(15)25(20,21)22/h3-5,10,13H,6-8H2,1-2H3,(H2,18,19)/t10-,13-,15-/m1/s1. The molecular formula is C15H19BrFN3O4S. The molecule has 1 aromatic carbocycles. The minimum Gasteiger partial charge on any atom is -0.382 e. The van der Waals surface area contributed by atoms with Crippen LogP contribution in [-0.2, 0) is 25.0 Å². The molecule has 0 aromatic heterocycles. The molecule has 2 N–H and O–H groups in total. The monoisotopic (exact) mass is 435 g/mol. The Kier molecular flexibility index (Phi) is 4.82. The van der Waals surface area contributed by atoms with Crippen molar-refractivity contribution in [3.05, 3.63) is 34.1 Å². The van der Waals surface area contributed by atoms with E-state index in [-0.39, 0.29) is 31.2 Å². The van der Waals surface area contributed by atoms with Crippen molar-refractivity contribution in [2.75, 3.05) is 27.4 Å². The molecule has 3 rings (SSSR count). The highest BCUT2D eigenvalue weighted by molar-refractivity contribution is 9.10. The Labute approximate surface area is 154 Å². The van der Waals surface area contributed by atoms with Crippen LogP contribution in [0.15, 0.2) is 27.7 Å². The maximum Gasteiger partial charge on any atom is 0.243 e. The van der Waals surface area contributed by atoms with Crippen LogP contribution in [0, 0.1) is 5.82 Å². The Morgan fingerprint density at radius 2 is 2.28 bits per heavy atom. The number of guanidine groups is 1. The van der Waals surface area contributed by atoms with E-state index in [0.29, 0.717) is 4.47 Å². The van der Waals surface area contributed by atoms with Crippen LogP contribution in [0.4, 0.5) is 4.39 Å². The van der Waals surface area contributed by atoms with E-state index in [9.17, 15) is 12.8 Å². The number of nitrogens with two attached hydrogens (primary N) is 1. The number of nitrogens with zero attached hydrogens (tertiary/aromatic N) is 2. The molecule has 25 heavy (non-hydrogen) atoms. The van der Waals surface area contributed by atoms with Crippen molar-refractivity contribution in [3.8, 4) is 0 Å². The predicted molar refractivity (Wildman–Crippen MR) is 94.1 cm³/mol. The van der Waals surface area contributed by atoms with Crippen LogP contribution < -0.4 is 5.73 Å². The quantitative estimate of drug-likeness (QED) is 0.768. The molecule has 1 fully saturated rings. The highest BCUT2D eigenvalue weighted by atomic mass is 79.9. The highest BCUT2D eigenvalue weighted by Gasteiger charge is 2.57. The maximum absolute atomic E-state index is 14.6. The maximum atomic E-state index is 14.6. The molecule has 0 unspecified atom stereocenters. The Morgan fingerprint density at radius 1 is 1.56 bits per heavy atom. The van der Waals surface area contributed by atoms with E-state index in [4.69, 9.17) is 15.2 Å². The van der Waals surface area contributed by atoms with E-state index in [1.165, 1.54) is 26.3 Å². The van der Waals surface area contributed by atoms with Gasteiger partial charge in [-0.15, -0.1) is 0 Å². The molecule has 1 saturated heterocycles. The zero-order valence-electron chi connectivity index (χ0n) is 13.8. The third kappa shape index (κ3) is 2.94. The summed E-state index contributed by atoms with van der Waals surface area (Å²) in [7, 11) is -0.985. The third-order valence-electron chi connectivity index (χ3n) is 4.67. The fraction of sp³-hybridized carbons (Fsp3) is 0.533. The van der Waals surface area contributed by atoms with Gasteiger partial charge in [-0.1, -0.05) is 15.9 Å². The number of ether oxygens (including phenoxy) is 2. The molecule has 0 amide bonds. The number of hydrogen-bond donors (Lipinski definition) is 1. The molecule has 2 aliphatic rings. The molecule has 1 aromatic rings. The third-order valence-corrected chi connectivity index (χ3v) is 7.42. The lowest BCUT2D eigenvalue weighted by molar-refractivity contribution is -0.0611. The summed E-state index contributed by atoms with van der Waals surface area (Å²) in [6, 6.07) is 4.33. The second-order valence-electron chi connectivity index (χ2n) is 6.14. The van der Waals surface area contributed by atoms with Gasteiger partial charge in [-0.05, 0) is 24.6 Å². The number of aliphatic imine (C=N–C) groups is 1. The number of methoxy groups -OCH3 is 1. The lowest BCUT2D eigenvalue weighted by Crippen LogP contribution is -2.62. The molecule has 2 heterocycles. The summed E-state index contributed by atoms with van der Waals surface area (Å²) >= 11 is 3.30.